The van der Waals surface area contributed by atoms with Gasteiger partial charge in [0.2, 0.25) is 0 Å². The van der Waals surface area contributed by atoms with Gasteiger partial charge >= 0.3 is 0 Å². The van der Waals surface area contributed by atoms with Crippen molar-refractivity contribution >= 4 is 34.2 Å². The molecule has 0 fully saturated rings. The van der Waals surface area contributed by atoms with Gasteiger partial charge in [0.15, 0.2) is 0 Å². The predicted molar refractivity (Wildman–Crippen MR) is 60.1 cm³/mol. The van der Waals surface area contributed by atoms with E-state index in [1.54, 1.807) is 10.7 Å². The zero-order valence-corrected chi connectivity index (χ0v) is 9.45. The highest BCUT2D eigenvalue weighted by Gasteiger charge is 2.02. The highest BCUT2D eigenvalue weighted by molar-refractivity contribution is 14.1. The van der Waals surface area contributed by atoms with E-state index >= 15 is 0 Å². The van der Waals surface area contributed by atoms with Crippen molar-refractivity contribution in [1.29, 1.82) is 0 Å². The van der Waals surface area contributed by atoms with Crippen molar-refractivity contribution in [2.24, 2.45) is 0 Å². The van der Waals surface area contributed by atoms with E-state index in [-0.39, 0.29) is 0 Å². The Morgan fingerprint density at radius 2 is 2.31 bits per heavy atom. The lowest BCUT2D eigenvalue weighted by molar-refractivity contribution is 0.877. The molecule has 1 radical (unpaired) electrons. The third-order valence-electron chi connectivity index (χ3n) is 1.61. The minimum absolute atomic E-state index is 0.698. The summed E-state index contributed by atoms with van der Waals surface area (Å²) in [5, 5.41) is 4.68. The lowest BCUT2D eigenvalue weighted by Crippen LogP contribution is -1.95. The quantitative estimate of drug-likeness (QED) is 0.741. The second kappa shape index (κ2) is 3.67. The van der Waals surface area contributed by atoms with Gasteiger partial charge in [-0.05, 0) is 46.9 Å². The SMILES string of the molecule is Clc1cc(I)ccc1-n1cc[c]n1. The van der Waals surface area contributed by atoms with Crippen molar-refractivity contribution < 1.29 is 0 Å². The fourth-order valence-corrected chi connectivity index (χ4v) is 1.98. The molecular weight excluding hydrogens is 298 g/mol. The summed E-state index contributed by atoms with van der Waals surface area (Å²) in [6, 6.07) is 7.57. The highest BCUT2D eigenvalue weighted by atomic mass is 127. The van der Waals surface area contributed by atoms with E-state index in [4.69, 9.17) is 11.6 Å². The number of hydrogen-bond acceptors (Lipinski definition) is 1. The maximum absolute atomic E-state index is 6.04. The van der Waals surface area contributed by atoms with Crippen molar-refractivity contribution in [2.45, 2.75) is 0 Å². The fraction of sp³-hybridized carbons (Fsp3) is 0. The first kappa shape index (κ1) is 9.02. The third kappa shape index (κ3) is 1.86. The monoisotopic (exact) mass is 303 g/mol. The van der Waals surface area contributed by atoms with E-state index in [9.17, 15) is 0 Å². The van der Waals surface area contributed by atoms with E-state index in [2.05, 4.69) is 33.9 Å². The number of nitrogens with zero attached hydrogens (tertiary/aromatic N) is 2. The molecule has 0 aliphatic rings. The second-order valence-corrected chi connectivity index (χ2v) is 4.14. The Labute approximate surface area is 94.7 Å². The molecule has 0 spiro atoms. The topological polar surface area (TPSA) is 17.8 Å². The predicted octanol–water partition coefficient (Wildman–Crippen LogP) is 2.93. The van der Waals surface area contributed by atoms with Gasteiger partial charge < -0.3 is 0 Å². The molecule has 0 bridgehead atoms. The van der Waals surface area contributed by atoms with Gasteiger partial charge in [-0.15, -0.1) is 0 Å². The van der Waals surface area contributed by atoms with Crippen molar-refractivity contribution in [3.63, 3.8) is 0 Å². The number of aromatic nitrogens is 2. The second-order valence-electron chi connectivity index (χ2n) is 2.49. The Morgan fingerprint density at radius 1 is 1.46 bits per heavy atom. The normalized spacial score (nSPS) is 10.3. The summed E-state index contributed by atoms with van der Waals surface area (Å²) in [6.45, 7) is 0. The molecule has 13 heavy (non-hydrogen) atoms. The van der Waals surface area contributed by atoms with E-state index in [0.717, 1.165) is 9.26 Å². The minimum Gasteiger partial charge on any atom is -0.239 e. The number of hydrogen-bond donors (Lipinski definition) is 0. The van der Waals surface area contributed by atoms with Crippen LogP contribution in [-0.2, 0) is 0 Å². The van der Waals surface area contributed by atoms with Crippen LogP contribution >= 0.6 is 34.2 Å². The first-order chi connectivity index (χ1) is 6.27. The summed E-state index contributed by atoms with van der Waals surface area (Å²) in [7, 11) is 0. The average Bonchev–Trinajstić information content (AvgIpc) is 2.56. The van der Waals surface area contributed by atoms with Gasteiger partial charge in [0.1, 0.15) is 6.20 Å². The summed E-state index contributed by atoms with van der Waals surface area (Å²) in [5.41, 5.74) is 0.878. The average molecular weight is 304 g/mol. The van der Waals surface area contributed by atoms with Crippen LogP contribution in [0.4, 0.5) is 0 Å². The molecule has 0 N–H and O–H groups in total. The van der Waals surface area contributed by atoms with Gasteiger partial charge in [0, 0.05) is 9.77 Å². The Bertz CT molecular complexity index is 412. The molecular formula is C9H5ClIN2. The van der Waals surface area contributed by atoms with Gasteiger partial charge in [-0.1, -0.05) is 11.6 Å². The van der Waals surface area contributed by atoms with Gasteiger partial charge in [-0.2, -0.15) is 5.10 Å². The van der Waals surface area contributed by atoms with Crippen LogP contribution in [0.2, 0.25) is 5.02 Å². The van der Waals surface area contributed by atoms with Gasteiger partial charge in [0.05, 0.1) is 10.7 Å². The maximum Gasteiger partial charge on any atom is 0.113 e. The van der Waals surface area contributed by atoms with Crippen LogP contribution in [0, 0.1) is 9.77 Å². The van der Waals surface area contributed by atoms with E-state index in [1.807, 2.05) is 24.4 Å². The number of benzene rings is 1. The third-order valence-corrected chi connectivity index (χ3v) is 2.59. The molecule has 65 valence electrons. The van der Waals surface area contributed by atoms with Gasteiger partial charge in [-0.3, -0.25) is 0 Å². The molecule has 0 aliphatic heterocycles. The molecule has 2 nitrogen and oxygen atoms in total. The molecule has 0 saturated carbocycles. The first-order valence-electron chi connectivity index (χ1n) is 3.64. The van der Waals surface area contributed by atoms with Crippen LogP contribution in [0.25, 0.3) is 5.69 Å². The molecule has 1 aromatic carbocycles. The molecule has 1 aromatic heterocycles. The minimum atomic E-state index is 0.698. The smallest absolute Gasteiger partial charge is 0.113 e. The van der Waals surface area contributed by atoms with Crippen molar-refractivity contribution in [1.82, 2.24) is 9.78 Å². The maximum atomic E-state index is 6.04. The fourth-order valence-electron chi connectivity index (χ4n) is 1.03. The number of halogens is 2. The van der Waals surface area contributed by atoms with Crippen LogP contribution < -0.4 is 0 Å². The molecule has 0 saturated heterocycles. The van der Waals surface area contributed by atoms with Gasteiger partial charge in [-0.25, -0.2) is 4.68 Å². The number of rotatable bonds is 1. The van der Waals surface area contributed by atoms with Crippen LogP contribution in [-0.4, -0.2) is 9.78 Å². The molecule has 1 heterocycles. The van der Waals surface area contributed by atoms with Crippen LogP contribution in [0.5, 0.6) is 0 Å². The lowest BCUT2D eigenvalue weighted by Gasteiger charge is -2.03. The summed E-state index contributed by atoms with van der Waals surface area (Å²) >= 11 is 8.26. The zero-order valence-electron chi connectivity index (χ0n) is 6.54. The van der Waals surface area contributed by atoms with Crippen molar-refractivity contribution in [3.8, 4) is 5.69 Å². The molecule has 4 heteroatoms. The van der Waals surface area contributed by atoms with E-state index < -0.39 is 0 Å². The summed E-state index contributed by atoms with van der Waals surface area (Å²) in [4.78, 5) is 0. The van der Waals surface area contributed by atoms with E-state index in [0.29, 0.717) is 5.02 Å². The van der Waals surface area contributed by atoms with E-state index in [1.165, 1.54) is 0 Å². The molecule has 2 aromatic rings. The lowest BCUT2D eigenvalue weighted by atomic mass is 10.3. The van der Waals surface area contributed by atoms with Crippen LogP contribution in [0.1, 0.15) is 0 Å². The largest absolute Gasteiger partial charge is 0.239 e. The Morgan fingerprint density at radius 3 is 2.92 bits per heavy atom. The van der Waals surface area contributed by atoms with Gasteiger partial charge in [0.25, 0.3) is 0 Å². The molecule has 0 amide bonds. The summed E-state index contributed by atoms with van der Waals surface area (Å²) in [5.74, 6) is 0. The first-order valence-corrected chi connectivity index (χ1v) is 5.10. The highest BCUT2D eigenvalue weighted by Crippen LogP contribution is 2.21. The van der Waals surface area contributed by atoms with Crippen molar-refractivity contribution in [2.75, 3.05) is 0 Å². The van der Waals surface area contributed by atoms with Crippen molar-refractivity contribution in [3.05, 3.63) is 45.3 Å². The molecule has 0 atom stereocenters. The Hall–Kier alpha value is -0.550. The molecule has 0 unspecified atom stereocenters. The Balaban J connectivity index is 2.53. The molecule has 0 aliphatic carbocycles. The Kier molecular flexibility index (Phi) is 2.55. The standard InChI is InChI=1S/C9H5ClIN2/c10-8-6-7(11)2-3-9(8)13-5-1-4-12-13/h1-3,5-6H. The van der Waals surface area contributed by atoms with Crippen LogP contribution in [0.15, 0.2) is 30.5 Å². The summed E-state index contributed by atoms with van der Waals surface area (Å²) in [6.07, 6.45) is 4.54. The molecule has 2 rings (SSSR count). The summed E-state index contributed by atoms with van der Waals surface area (Å²) < 4.78 is 2.81. The zero-order chi connectivity index (χ0) is 9.26. The van der Waals surface area contributed by atoms with Crippen LogP contribution in [0.3, 0.4) is 0 Å².